The lowest BCUT2D eigenvalue weighted by Crippen LogP contribution is -2.60. The number of carbonyl (C=O) groups excluding carboxylic acids is 2. The summed E-state index contributed by atoms with van der Waals surface area (Å²) in [6.45, 7) is -0.360. The third kappa shape index (κ3) is 8.41. The lowest BCUT2D eigenvalue weighted by Gasteiger charge is -2.41. The van der Waals surface area contributed by atoms with Gasteiger partial charge < -0.3 is 30.0 Å². The summed E-state index contributed by atoms with van der Waals surface area (Å²) < 4.78 is 51.2. The predicted molar refractivity (Wildman–Crippen MR) is 187 cm³/mol. The first-order chi connectivity index (χ1) is 25.5. The zero-order valence-corrected chi connectivity index (χ0v) is 28.9. The number of aromatic nitrogens is 1. The maximum Gasteiger partial charge on any atom is 0.405 e. The number of fused-ring (bicyclic) bond motifs is 1. The standard InChI is InChI=1S/C39H42F3N5O6/c40-39(41,42)24-44-36(50)31-22-46(21-27-13-14-33(53-27)25-8-2-1-3-9-25)16-17-47(31)20-26(48)18-38(19-29(38)30-11-6-7-15-43-30)37(51)45-35-28-10-4-5-12-34(28)52-23-32(35)49/h1-15,26,29,31-32,35,48-49H,16-24H2,(H,44,50)(H,45,51)/t26-,29-,31-,32+,35-,38?/m0/s1. The smallest absolute Gasteiger partial charge is 0.405 e. The highest BCUT2D eigenvalue weighted by molar-refractivity contribution is 5.88. The first-order valence-corrected chi connectivity index (χ1v) is 17.7. The maximum absolute atomic E-state index is 14.2. The monoisotopic (exact) mass is 733 g/mol. The van der Waals surface area contributed by atoms with E-state index in [2.05, 4.69) is 10.3 Å². The number of pyridine rings is 1. The molecule has 14 heteroatoms. The number of benzene rings is 2. The van der Waals surface area contributed by atoms with Crippen LogP contribution in [0.15, 0.2) is 95.5 Å². The van der Waals surface area contributed by atoms with E-state index in [1.807, 2.05) is 64.8 Å². The molecule has 0 spiro atoms. The Bertz CT molecular complexity index is 1880. The van der Waals surface area contributed by atoms with E-state index in [4.69, 9.17) is 9.15 Å². The van der Waals surface area contributed by atoms with Gasteiger partial charge in [0.25, 0.3) is 0 Å². The van der Waals surface area contributed by atoms with E-state index < -0.39 is 48.3 Å². The first-order valence-electron chi connectivity index (χ1n) is 17.7. The van der Waals surface area contributed by atoms with Crippen molar-refractivity contribution in [3.05, 3.63) is 108 Å². The molecule has 4 aromatic rings. The van der Waals surface area contributed by atoms with Gasteiger partial charge in [-0.2, -0.15) is 13.2 Å². The van der Waals surface area contributed by atoms with E-state index in [9.17, 15) is 33.0 Å². The molecule has 1 saturated heterocycles. The van der Waals surface area contributed by atoms with Crippen LogP contribution in [0, 0.1) is 5.41 Å². The van der Waals surface area contributed by atoms with Crippen LogP contribution in [0.3, 0.4) is 0 Å². The third-order valence-electron chi connectivity index (χ3n) is 10.4. The number of hydrogen-bond acceptors (Lipinski definition) is 9. The van der Waals surface area contributed by atoms with Crippen molar-refractivity contribution in [1.82, 2.24) is 25.4 Å². The number of furan rings is 1. The van der Waals surface area contributed by atoms with Crippen molar-refractivity contribution < 1.29 is 42.1 Å². The van der Waals surface area contributed by atoms with Crippen molar-refractivity contribution in [3.63, 3.8) is 0 Å². The highest BCUT2D eigenvalue weighted by Gasteiger charge is 2.62. The van der Waals surface area contributed by atoms with Crippen molar-refractivity contribution in [1.29, 1.82) is 0 Å². The molecule has 6 atom stereocenters. The number of hydrogen-bond donors (Lipinski definition) is 4. The summed E-state index contributed by atoms with van der Waals surface area (Å²) in [7, 11) is 0. The van der Waals surface area contributed by atoms with Crippen LogP contribution in [0.2, 0.25) is 0 Å². The summed E-state index contributed by atoms with van der Waals surface area (Å²) in [5.41, 5.74) is 1.16. The summed E-state index contributed by atoms with van der Waals surface area (Å²) in [6.07, 6.45) is -4.68. The first kappa shape index (κ1) is 36.6. The van der Waals surface area contributed by atoms with Gasteiger partial charge in [-0.15, -0.1) is 0 Å². The highest BCUT2D eigenvalue weighted by atomic mass is 19.4. The van der Waals surface area contributed by atoms with E-state index in [0.29, 0.717) is 48.0 Å². The van der Waals surface area contributed by atoms with Gasteiger partial charge in [0, 0.05) is 55.1 Å². The van der Waals surface area contributed by atoms with Crippen LogP contribution in [0.4, 0.5) is 13.2 Å². The number of β-amino-alcohol motifs (C(OH)–C–C–N with tert-alkyl or cyclic N) is 1. The lowest BCUT2D eigenvalue weighted by atomic mass is 9.90. The van der Waals surface area contributed by atoms with E-state index >= 15 is 0 Å². The van der Waals surface area contributed by atoms with Gasteiger partial charge in [-0.05, 0) is 43.2 Å². The lowest BCUT2D eigenvalue weighted by molar-refractivity contribution is -0.144. The second-order valence-electron chi connectivity index (χ2n) is 14.1. The molecule has 2 aromatic carbocycles. The molecule has 2 aliphatic heterocycles. The van der Waals surface area contributed by atoms with Crippen molar-refractivity contribution in [2.45, 2.75) is 55.8 Å². The Hall–Kier alpha value is -4.76. The number of nitrogens with zero attached hydrogens (tertiary/aromatic N) is 3. The number of carbonyl (C=O) groups is 2. The predicted octanol–water partition coefficient (Wildman–Crippen LogP) is 4.04. The molecule has 1 aliphatic carbocycles. The minimum Gasteiger partial charge on any atom is -0.490 e. The molecule has 4 N–H and O–H groups in total. The van der Waals surface area contributed by atoms with Crippen molar-refractivity contribution in [3.8, 4) is 17.1 Å². The summed E-state index contributed by atoms with van der Waals surface area (Å²) in [4.78, 5) is 35.7. The Morgan fingerprint density at radius 1 is 1.00 bits per heavy atom. The molecule has 4 heterocycles. The molecule has 1 saturated carbocycles. The SMILES string of the molecule is O=C(NCC(F)(F)F)[C@@H]1CN(Cc2ccc(-c3ccccc3)o2)CCN1C[C@@H](O)CC1(C(=O)N[C@H]2c3ccccc3OC[C@H]2O)C[C@H]1c1ccccn1. The van der Waals surface area contributed by atoms with Gasteiger partial charge in [0.2, 0.25) is 11.8 Å². The molecule has 11 nitrogen and oxygen atoms in total. The average Bonchev–Trinajstić information content (AvgIpc) is 3.70. The fourth-order valence-corrected chi connectivity index (χ4v) is 7.64. The fraction of sp³-hybridized carbons (Fsp3) is 0.410. The van der Waals surface area contributed by atoms with Gasteiger partial charge in [-0.25, -0.2) is 0 Å². The number of alkyl halides is 3. The van der Waals surface area contributed by atoms with Crippen molar-refractivity contribution in [2.75, 3.05) is 39.3 Å². The maximum atomic E-state index is 14.2. The molecule has 2 aromatic heterocycles. The van der Waals surface area contributed by atoms with Crippen LogP contribution in [0.25, 0.3) is 11.3 Å². The Kier molecular flexibility index (Phi) is 10.6. The number of rotatable bonds is 12. The fourth-order valence-electron chi connectivity index (χ4n) is 7.64. The Morgan fingerprint density at radius 2 is 1.77 bits per heavy atom. The molecule has 2 fully saturated rings. The molecule has 3 aliphatic rings. The molecule has 7 rings (SSSR count). The average molecular weight is 734 g/mol. The van der Waals surface area contributed by atoms with Crippen LogP contribution in [-0.2, 0) is 16.1 Å². The van der Waals surface area contributed by atoms with Gasteiger partial charge in [-0.1, -0.05) is 54.6 Å². The molecule has 2 amide bonds. The number of aliphatic hydroxyl groups is 2. The molecular weight excluding hydrogens is 691 g/mol. The number of ether oxygens (including phenoxy) is 1. The minimum absolute atomic E-state index is 0.000859. The second-order valence-corrected chi connectivity index (χ2v) is 14.1. The number of para-hydroxylation sites is 1. The number of piperazine rings is 1. The van der Waals surface area contributed by atoms with Crippen molar-refractivity contribution >= 4 is 11.8 Å². The number of nitrogens with one attached hydrogen (secondary N) is 2. The second kappa shape index (κ2) is 15.3. The number of amides is 2. The largest absolute Gasteiger partial charge is 0.490 e. The Balaban J connectivity index is 1.06. The minimum atomic E-state index is -4.60. The molecule has 1 unspecified atom stereocenters. The van der Waals surface area contributed by atoms with Gasteiger partial charge in [0.15, 0.2) is 0 Å². The van der Waals surface area contributed by atoms with Gasteiger partial charge in [0.05, 0.1) is 24.1 Å². The van der Waals surface area contributed by atoms with Crippen LogP contribution in [-0.4, -0.2) is 101 Å². The molecule has 0 bridgehead atoms. The summed E-state index contributed by atoms with van der Waals surface area (Å²) in [5, 5.41) is 27.5. The van der Waals surface area contributed by atoms with E-state index in [1.165, 1.54) is 0 Å². The zero-order valence-electron chi connectivity index (χ0n) is 28.9. The van der Waals surface area contributed by atoms with Gasteiger partial charge in [0.1, 0.15) is 42.6 Å². The van der Waals surface area contributed by atoms with Crippen molar-refractivity contribution in [2.24, 2.45) is 5.41 Å². The molecule has 280 valence electrons. The van der Waals surface area contributed by atoms with Crippen LogP contribution < -0.4 is 15.4 Å². The van der Waals surface area contributed by atoms with E-state index in [-0.39, 0.29) is 44.5 Å². The van der Waals surface area contributed by atoms with Gasteiger partial charge >= 0.3 is 6.18 Å². The third-order valence-corrected chi connectivity index (χ3v) is 10.4. The number of halogens is 3. The van der Waals surface area contributed by atoms with Crippen LogP contribution in [0.5, 0.6) is 5.75 Å². The summed E-state index contributed by atoms with van der Waals surface area (Å²) in [5.74, 6) is 0.409. The highest BCUT2D eigenvalue weighted by Crippen LogP contribution is 2.62. The zero-order chi connectivity index (χ0) is 37.2. The normalized spacial score (nSPS) is 25.2. The number of aliphatic hydroxyl groups excluding tert-OH is 2. The molecule has 0 radical (unpaired) electrons. The van der Waals surface area contributed by atoms with Crippen LogP contribution >= 0.6 is 0 Å². The Labute approximate surface area is 304 Å². The molecule has 53 heavy (non-hydrogen) atoms. The summed E-state index contributed by atoms with van der Waals surface area (Å²) >= 11 is 0. The van der Waals surface area contributed by atoms with Crippen LogP contribution in [0.1, 0.15) is 41.8 Å². The van der Waals surface area contributed by atoms with Gasteiger partial charge in [-0.3, -0.25) is 24.4 Å². The Morgan fingerprint density at radius 3 is 2.55 bits per heavy atom. The van der Waals surface area contributed by atoms with E-state index in [1.54, 1.807) is 41.4 Å². The quantitative estimate of drug-likeness (QED) is 0.170. The molecular formula is C39H42F3N5O6. The summed E-state index contributed by atoms with van der Waals surface area (Å²) in [6, 6.07) is 24.1. The topological polar surface area (TPSA) is 140 Å². The van der Waals surface area contributed by atoms with E-state index in [0.717, 1.165) is 5.56 Å².